The van der Waals surface area contributed by atoms with E-state index in [0.29, 0.717) is 17.5 Å². The summed E-state index contributed by atoms with van der Waals surface area (Å²) >= 11 is 6.14. The SMILES string of the molecule is Cc1ccc(C(C)C)c(OCC(=O)N/N=C/c2ccc(OCc3ccccc3Cl)cc2)c1. The molecule has 1 N–H and O–H groups in total. The number of aryl methyl sites for hydroxylation is 1. The highest BCUT2D eigenvalue weighted by Gasteiger charge is 2.10. The van der Waals surface area contributed by atoms with Crippen LogP contribution in [0.15, 0.2) is 71.8 Å². The van der Waals surface area contributed by atoms with Crippen LogP contribution in [0.5, 0.6) is 11.5 Å². The van der Waals surface area contributed by atoms with Crippen molar-refractivity contribution in [3.63, 3.8) is 0 Å². The van der Waals surface area contributed by atoms with E-state index in [4.69, 9.17) is 21.1 Å². The molecule has 0 aliphatic carbocycles. The third-order valence-corrected chi connectivity index (χ3v) is 5.15. The van der Waals surface area contributed by atoms with Gasteiger partial charge in [0.1, 0.15) is 18.1 Å². The number of hydrogen-bond acceptors (Lipinski definition) is 4. The summed E-state index contributed by atoms with van der Waals surface area (Å²) in [5.74, 6) is 1.44. The average Bonchev–Trinajstić information content (AvgIpc) is 2.78. The van der Waals surface area contributed by atoms with Crippen molar-refractivity contribution in [3.05, 3.63) is 94.0 Å². The first kappa shape index (κ1) is 23.4. The van der Waals surface area contributed by atoms with Crippen molar-refractivity contribution in [2.45, 2.75) is 33.3 Å². The van der Waals surface area contributed by atoms with Crippen LogP contribution in [0.25, 0.3) is 0 Å². The molecule has 0 heterocycles. The van der Waals surface area contributed by atoms with E-state index in [1.54, 1.807) is 6.21 Å². The molecule has 0 aliphatic rings. The molecule has 0 spiro atoms. The van der Waals surface area contributed by atoms with Crippen LogP contribution in [0, 0.1) is 6.92 Å². The van der Waals surface area contributed by atoms with Crippen LogP contribution >= 0.6 is 11.6 Å². The lowest BCUT2D eigenvalue weighted by Gasteiger charge is -2.14. The highest BCUT2D eigenvalue weighted by atomic mass is 35.5. The molecule has 0 radical (unpaired) electrons. The number of halogens is 1. The zero-order valence-corrected chi connectivity index (χ0v) is 19.2. The Morgan fingerprint density at radius 3 is 2.53 bits per heavy atom. The van der Waals surface area contributed by atoms with Gasteiger partial charge < -0.3 is 9.47 Å². The maximum Gasteiger partial charge on any atom is 0.277 e. The quantitative estimate of drug-likeness (QED) is 0.327. The highest BCUT2D eigenvalue weighted by Crippen LogP contribution is 2.27. The molecule has 0 saturated carbocycles. The van der Waals surface area contributed by atoms with Gasteiger partial charge in [-0.3, -0.25) is 4.79 Å². The van der Waals surface area contributed by atoms with E-state index in [0.717, 1.165) is 33.8 Å². The van der Waals surface area contributed by atoms with Gasteiger partial charge >= 0.3 is 0 Å². The molecule has 0 unspecified atom stereocenters. The maximum absolute atomic E-state index is 12.1. The van der Waals surface area contributed by atoms with E-state index in [1.807, 2.05) is 73.7 Å². The Hall–Kier alpha value is -3.31. The Balaban J connectivity index is 1.47. The lowest BCUT2D eigenvalue weighted by Crippen LogP contribution is -2.25. The number of amides is 1. The minimum absolute atomic E-state index is 0.102. The molecule has 166 valence electrons. The largest absolute Gasteiger partial charge is 0.489 e. The number of nitrogens with zero attached hydrogens (tertiary/aromatic N) is 1. The Kier molecular flexibility index (Phi) is 8.28. The first-order valence-corrected chi connectivity index (χ1v) is 10.8. The molecule has 3 aromatic rings. The van der Waals surface area contributed by atoms with Gasteiger partial charge in [0.15, 0.2) is 6.61 Å². The Morgan fingerprint density at radius 1 is 1.06 bits per heavy atom. The molecule has 0 atom stereocenters. The fourth-order valence-electron chi connectivity index (χ4n) is 3.02. The lowest BCUT2D eigenvalue weighted by atomic mass is 10.0. The zero-order valence-electron chi connectivity index (χ0n) is 18.5. The fourth-order valence-corrected chi connectivity index (χ4v) is 3.21. The molecule has 1 amide bonds. The Morgan fingerprint density at radius 2 is 1.81 bits per heavy atom. The first-order valence-electron chi connectivity index (χ1n) is 10.4. The second-order valence-electron chi connectivity index (χ2n) is 7.73. The lowest BCUT2D eigenvalue weighted by molar-refractivity contribution is -0.123. The van der Waals surface area contributed by atoms with Gasteiger partial charge in [0.05, 0.1) is 6.21 Å². The number of carbonyl (C=O) groups excluding carboxylic acids is 1. The summed E-state index contributed by atoms with van der Waals surface area (Å²) in [6.07, 6.45) is 1.57. The van der Waals surface area contributed by atoms with E-state index in [-0.39, 0.29) is 12.5 Å². The van der Waals surface area contributed by atoms with Gasteiger partial charge in [-0.1, -0.05) is 55.8 Å². The van der Waals surface area contributed by atoms with E-state index in [2.05, 4.69) is 24.4 Å². The molecule has 0 bridgehead atoms. The smallest absolute Gasteiger partial charge is 0.277 e. The number of rotatable bonds is 9. The molecule has 0 saturated heterocycles. The second kappa shape index (κ2) is 11.3. The topological polar surface area (TPSA) is 59.9 Å². The summed E-state index contributed by atoms with van der Waals surface area (Å²) in [6, 6.07) is 21.0. The van der Waals surface area contributed by atoms with Crippen molar-refractivity contribution in [1.82, 2.24) is 5.43 Å². The number of nitrogens with one attached hydrogen (secondary N) is 1. The van der Waals surface area contributed by atoms with Crippen LogP contribution in [0.4, 0.5) is 0 Å². The number of hydrazone groups is 1. The highest BCUT2D eigenvalue weighted by molar-refractivity contribution is 6.31. The number of benzene rings is 3. The van der Waals surface area contributed by atoms with Crippen molar-refractivity contribution in [2.75, 3.05) is 6.61 Å². The first-order chi connectivity index (χ1) is 15.4. The standard InChI is InChI=1S/C26H27ClN2O3/c1-18(2)23-13-8-19(3)14-25(23)32-17-26(30)29-28-15-20-9-11-22(12-10-20)31-16-21-6-4-5-7-24(21)27/h4-15,18H,16-17H2,1-3H3,(H,29,30)/b28-15+. The summed E-state index contributed by atoms with van der Waals surface area (Å²) in [5.41, 5.74) is 6.41. The molecular formula is C26H27ClN2O3. The van der Waals surface area contributed by atoms with Crippen LogP contribution in [-0.2, 0) is 11.4 Å². The van der Waals surface area contributed by atoms with Crippen LogP contribution in [-0.4, -0.2) is 18.7 Å². The van der Waals surface area contributed by atoms with Crippen LogP contribution in [0.2, 0.25) is 5.02 Å². The van der Waals surface area contributed by atoms with E-state index in [9.17, 15) is 4.79 Å². The number of ether oxygens (including phenoxy) is 2. The Labute approximate surface area is 194 Å². The third-order valence-electron chi connectivity index (χ3n) is 4.78. The van der Waals surface area contributed by atoms with Gasteiger partial charge in [-0.15, -0.1) is 0 Å². The zero-order chi connectivity index (χ0) is 22.9. The molecule has 0 aliphatic heterocycles. The number of carbonyl (C=O) groups is 1. The van der Waals surface area contributed by atoms with Gasteiger partial charge in [0.25, 0.3) is 5.91 Å². The molecule has 0 aromatic heterocycles. The van der Waals surface area contributed by atoms with Gasteiger partial charge in [0.2, 0.25) is 0 Å². The van der Waals surface area contributed by atoms with E-state index >= 15 is 0 Å². The van der Waals surface area contributed by atoms with Crippen molar-refractivity contribution in [2.24, 2.45) is 5.10 Å². The van der Waals surface area contributed by atoms with Gasteiger partial charge in [-0.2, -0.15) is 5.10 Å². The third kappa shape index (κ3) is 6.86. The normalized spacial score (nSPS) is 11.0. The van der Waals surface area contributed by atoms with Crippen molar-refractivity contribution in [1.29, 1.82) is 0 Å². The maximum atomic E-state index is 12.1. The van der Waals surface area contributed by atoms with Crippen molar-refractivity contribution in [3.8, 4) is 11.5 Å². The van der Waals surface area contributed by atoms with Gasteiger partial charge in [0, 0.05) is 10.6 Å². The molecule has 0 fully saturated rings. The Bertz CT molecular complexity index is 1080. The van der Waals surface area contributed by atoms with Crippen LogP contribution in [0.3, 0.4) is 0 Å². The summed E-state index contributed by atoms with van der Waals surface area (Å²) < 4.78 is 11.5. The minimum atomic E-state index is -0.322. The van der Waals surface area contributed by atoms with Crippen molar-refractivity contribution >= 4 is 23.7 Å². The molecular weight excluding hydrogens is 424 g/mol. The monoisotopic (exact) mass is 450 g/mol. The minimum Gasteiger partial charge on any atom is -0.489 e. The molecule has 32 heavy (non-hydrogen) atoms. The van der Waals surface area contributed by atoms with Crippen molar-refractivity contribution < 1.29 is 14.3 Å². The summed E-state index contributed by atoms with van der Waals surface area (Å²) in [6.45, 7) is 6.47. The van der Waals surface area contributed by atoms with Crippen LogP contribution < -0.4 is 14.9 Å². The summed E-state index contributed by atoms with van der Waals surface area (Å²) in [4.78, 5) is 12.1. The average molecular weight is 451 g/mol. The molecule has 3 rings (SSSR count). The molecule has 5 nitrogen and oxygen atoms in total. The molecule has 3 aromatic carbocycles. The predicted octanol–water partition coefficient (Wildman–Crippen LogP) is 5.88. The predicted molar refractivity (Wildman–Crippen MR) is 129 cm³/mol. The fraction of sp³-hybridized carbons (Fsp3) is 0.231. The van der Waals surface area contributed by atoms with Gasteiger partial charge in [-0.25, -0.2) is 5.43 Å². The summed E-state index contributed by atoms with van der Waals surface area (Å²) in [7, 11) is 0. The second-order valence-corrected chi connectivity index (χ2v) is 8.13. The van der Waals surface area contributed by atoms with E-state index in [1.165, 1.54) is 0 Å². The summed E-state index contributed by atoms with van der Waals surface area (Å²) in [5, 5.41) is 4.68. The number of hydrogen-bond donors (Lipinski definition) is 1. The van der Waals surface area contributed by atoms with Gasteiger partial charge in [-0.05, 0) is 65.9 Å². The molecule has 6 heteroatoms. The van der Waals surface area contributed by atoms with E-state index < -0.39 is 0 Å². The van der Waals surface area contributed by atoms with Crippen LogP contribution in [0.1, 0.15) is 42.0 Å².